The topological polar surface area (TPSA) is 29.5 Å². The Kier molecular flexibility index (Phi) is 3.99. The number of para-hydroxylation sites is 1. The van der Waals surface area contributed by atoms with Crippen molar-refractivity contribution < 1.29 is 14.2 Å². The first-order chi connectivity index (χ1) is 8.61. The summed E-state index contributed by atoms with van der Waals surface area (Å²) in [5.41, 5.74) is 1.32. The van der Waals surface area contributed by atoms with Crippen LogP contribution in [0.15, 0.2) is 40.9 Å². The first-order valence-electron chi connectivity index (χ1n) is 5.44. The Morgan fingerprint density at radius 2 is 2.06 bits per heavy atom. The van der Waals surface area contributed by atoms with Gasteiger partial charge in [0.1, 0.15) is 5.75 Å². The van der Waals surface area contributed by atoms with Crippen LogP contribution in [0.3, 0.4) is 0 Å². The van der Waals surface area contributed by atoms with Crippen molar-refractivity contribution in [3.05, 3.63) is 57.8 Å². The average Bonchev–Trinajstić information content (AvgIpc) is 2.36. The Bertz CT molecular complexity index is 570. The first kappa shape index (κ1) is 13.1. The molecule has 0 saturated heterocycles. The summed E-state index contributed by atoms with van der Waals surface area (Å²) in [5, 5.41) is 9.19. The van der Waals surface area contributed by atoms with E-state index in [4.69, 9.17) is 4.74 Å². The van der Waals surface area contributed by atoms with Crippen molar-refractivity contribution in [3.8, 4) is 11.5 Å². The molecular formula is C14H12BrFO2. The zero-order valence-electron chi connectivity index (χ0n) is 9.78. The van der Waals surface area contributed by atoms with E-state index in [0.717, 1.165) is 10.0 Å². The zero-order chi connectivity index (χ0) is 13.1. The minimum absolute atomic E-state index is 0.0706. The predicted molar refractivity (Wildman–Crippen MR) is 71.3 cm³/mol. The monoisotopic (exact) mass is 310 g/mol. The second kappa shape index (κ2) is 5.50. The van der Waals surface area contributed by atoms with E-state index in [1.807, 2.05) is 19.1 Å². The Hall–Kier alpha value is -1.39. The molecule has 2 nitrogen and oxygen atoms in total. The van der Waals surface area contributed by atoms with Crippen molar-refractivity contribution in [1.82, 2.24) is 0 Å². The first-order valence-corrected chi connectivity index (χ1v) is 6.23. The van der Waals surface area contributed by atoms with Gasteiger partial charge in [0.2, 0.25) is 0 Å². The number of aliphatic hydroxyl groups is 1. The molecule has 1 N–H and O–H groups in total. The zero-order valence-corrected chi connectivity index (χ0v) is 11.4. The van der Waals surface area contributed by atoms with E-state index in [0.29, 0.717) is 11.3 Å². The quantitative estimate of drug-likeness (QED) is 0.921. The van der Waals surface area contributed by atoms with Gasteiger partial charge in [0.05, 0.1) is 6.61 Å². The maximum absolute atomic E-state index is 13.7. The predicted octanol–water partition coefficient (Wildman–Crippen LogP) is 4.18. The van der Waals surface area contributed by atoms with Crippen LogP contribution in [0.5, 0.6) is 11.5 Å². The third-order valence-corrected chi connectivity index (χ3v) is 3.07. The van der Waals surface area contributed by atoms with E-state index in [1.165, 1.54) is 6.07 Å². The van der Waals surface area contributed by atoms with Crippen molar-refractivity contribution in [2.45, 2.75) is 13.5 Å². The highest BCUT2D eigenvalue weighted by molar-refractivity contribution is 9.10. The standard InChI is InChI=1S/C14H12BrFO2/c1-9-5-6-11(15)7-13(9)18-14-10(8-17)3-2-4-12(14)16/h2-7,17H,8H2,1H3. The minimum atomic E-state index is -0.485. The molecular weight excluding hydrogens is 299 g/mol. The van der Waals surface area contributed by atoms with Crippen LogP contribution in [0.25, 0.3) is 0 Å². The molecule has 94 valence electrons. The Morgan fingerprint density at radius 3 is 2.78 bits per heavy atom. The molecule has 0 spiro atoms. The van der Waals surface area contributed by atoms with E-state index in [2.05, 4.69) is 15.9 Å². The number of benzene rings is 2. The third-order valence-electron chi connectivity index (χ3n) is 2.58. The minimum Gasteiger partial charge on any atom is -0.454 e. The van der Waals surface area contributed by atoms with Gasteiger partial charge in [-0.2, -0.15) is 0 Å². The van der Waals surface area contributed by atoms with Gasteiger partial charge in [-0.15, -0.1) is 0 Å². The van der Waals surface area contributed by atoms with Gasteiger partial charge < -0.3 is 9.84 Å². The van der Waals surface area contributed by atoms with Crippen LogP contribution in [0.2, 0.25) is 0 Å². The summed E-state index contributed by atoms with van der Waals surface area (Å²) < 4.78 is 20.1. The maximum Gasteiger partial charge on any atom is 0.168 e. The molecule has 2 rings (SSSR count). The van der Waals surface area contributed by atoms with Gasteiger partial charge in [-0.05, 0) is 30.7 Å². The van der Waals surface area contributed by atoms with Crippen LogP contribution in [0.1, 0.15) is 11.1 Å². The molecule has 0 radical (unpaired) electrons. The highest BCUT2D eigenvalue weighted by atomic mass is 79.9. The van der Waals surface area contributed by atoms with Gasteiger partial charge >= 0.3 is 0 Å². The fourth-order valence-electron chi connectivity index (χ4n) is 1.59. The van der Waals surface area contributed by atoms with Crippen LogP contribution in [-0.2, 0) is 6.61 Å². The molecule has 4 heteroatoms. The molecule has 0 atom stereocenters. The second-order valence-electron chi connectivity index (χ2n) is 3.90. The lowest BCUT2D eigenvalue weighted by atomic mass is 10.2. The van der Waals surface area contributed by atoms with Gasteiger partial charge in [0.15, 0.2) is 11.6 Å². The van der Waals surface area contributed by atoms with Gasteiger partial charge in [0.25, 0.3) is 0 Å². The smallest absolute Gasteiger partial charge is 0.168 e. The Balaban J connectivity index is 2.42. The summed E-state index contributed by atoms with van der Waals surface area (Å²) in [6.45, 7) is 1.61. The van der Waals surface area contributed by atoms with Gasteiger partial charge in [-0.1, -0.05) is 34.1 Å². The summed E-state index contributed by atoms with van der Waals surface area (Å²) >= 11 is 3.34. The molecule has 0 heterocycles. The molecule has 0 fully saturated rings. The molecule has 0 unspecified atom stereocenters. The molecule has 0 bridgehead atoms. The normalized spacial score (nSPS) is 10.4. The molecule has 2 aromatic carbocycles. The van der Waals surface area contributed by atoms with Crippen LogP contribution < -0.4 is 4.74 Å². The van der Waals surface area contributed by atoms with E-state index in [-0.39, 0.29) is 12.4 Å². The number of ether oxygens (including phenoxy) is 1. The second-order valence-corrected chi connectivity index (χ2v) is 4.81. The molecule has 0 amide bonds. The van der Waals surface area contributed by atoms with Gasteiger partial charge in [0, 0.05) is 10.0 Å². The molecule has 0 aromatic heterocycles. The molecule has 2 aromatic rings. The Morgan fingerprint density at radius 1 is 1.28 bits per heavy atom. The summed E-state index contributed by atoms with van der Waals surface area (Å²) in [4.78, 5) is 0. The number of rotatable bonds is 3. The SMILES string of the molecule is Cc1ccc(Br)cc1Oc1c(F)cccc1CO. The van der Waals surface area contributed by atoms with Crippen molar-refractivity contribution in [3.63, 3.8) is 0 Å². The lowest BCUT2D eigenvalue weighted by molar-refractivity contribution is 0.274. The van der Waals surface area contributed by atoms with Gasteiger partial charge in [-0.3, -0.25) is 0 Å². The van der Waals surface area contributed by atoms with E-state index in [9.17, 15) is 9.50 Å². The van der Waals surface area contributed by atoms with E-state index < -0.39 is 5.82 Å². The van der Waals surface area contributed by atoms with Crippen molar-refractivity contribution >= 4 is 15.9 Å². The number of aryl methyl sites for hydroxylation is 1. The van der Waals surface area contributed by atoms with E-state index >= 15 is 0 Å². The highest BCUT2D eigenvalue weighted by Gasteiger charge is 2.11. The largest absolute Gasteiger partial charge is 0.454 e. The lowest BCUT2D eigenvalue weighted by Crippen LogP contribution is -1.96. The Labute approximate surface area is 113 Å². The maximum atomic E-state index is 13.7. The van der Waals surface area contributed by atoms with Crippen LogP contribution in [-0.4, -0.2) is 5.11 Å². The highest BCUT2D eigenvalue weighted by Crippen LogP contribution is 2.32. The fourth-order valence-corrected chi connectivity index (χ4v) is 1.93. The molecule has 0 aliphatic rings. The van der Waals surface area contributed by atoms with Crippen molar-refractivity contribution in [2.75, 3.05) is 0 Å². The van der Waals surface area contributed by atoms with Crippen molar-refractivity contribution in [2.24, 2.45) is 0 Å². The van der Waals surface area contributed by atoms with E-state index in [1.54, 1.807) is 18.2 Å². The summed E-state index contributed by atoms with van der Waals surface area (Å²) in [5.74, 6) is 0.145. The molecule has 18 heavy (non-hydrogen) atoms. The average molecular weight is 311 g/mol. The molecule has 0 aliphatic carbocycles. The van der Waals surface area contributed by atoms with Crippen LogP contribution in [0, 0.1) is 12.7 Å². The number of hydrogen-bond acceptors (Lipinski definition) is 2. The van der Waals surface area contributed by atoms with Crippen LogP contribution in [0.4, 0.5) is 4.39 Å². The number of hydrogen-bond donors (Lipinski definition) is 1. The van der Waals surface area contributed by atoms with Gasteiger partial charge in [-0.25, -0.2) is 4.39 Å². The third kappa shape index (κ3) is 2.71. The van der Waals surface area contributed by atoms with Crippen molar-refractivity contribution in [1.29, 1.82) is 0 Å². The fraction of sp³-hybridized carbons (Fsp3) is 0.143. The summed E-state index contributed by atoms with van der Waals surface area (Å²) in [6.07, 6.45) is 0. The molecule has 0 saturated carbocycles. The van der Waals surface area contributed by atoms with Crippen LogP contribution >= 0.6 is 15.9 Å². The number of aliphatic hydroxyl groups excluding tert-OH is 1. The lowest BCUT2D eigenvalue weighted by Gasteiger charge is -2.12. The summed E-state index contributed by atoms with van der Waals surface area (Å²) in [7, 11) is 0. The number of halogens is 2. The molecule has 0 aliphatic heterocycles. The summed E-state index contributed by atoms with van der Waals surface area (Å²) in [6, 6.07) is 10.0.